The number of carbonyl (C=O) groups is 2. The minimum Gasteiger partial charge on any atom is -0.377 e. The zero-order valence-electron chi connectivity index (χ0n) is 12.7. The van der Waals surface area contributed by atoms with E-state index >= 15 is 0 Å². The fraction of sp³-hybridized carbons (Fsp3) is 0.412. The average molecular weight is 313 g/mol. The number of amides is 2. The second-order valence-corrected chi connectivity index (χ2v) is 6.19. The topological polar surface area (TPSA) is 74.4 Å². The highest BCUT2D eigenvalue weighted by Crippen LogP contribution is 2.20. The Balaban J connectivity index is 1.58. The highest BCUT2D eigenvalue weighted by molar-refractivity contribution is 5.91. The fourth-order valence-electron chi connectivity index (χ4n) is 3.44. The van der Waals surface area contributed by atoms with E-state index in [1.165, 1.54) is 0 Å². The summed E-state index contributed by atoms with van der Waals surface area (Å²) >= 11 is 0. The van der Waals surface area contributed by atoms with E-state index in [0.29, 0.717) is 32.6 Å². The molecule has 2 amide bonds. The first kappa shape index (κ1) is 14.3. The fourth-order valence-corrected chi connectivity index (χ4v) is 3.44. The van der Waals surface area contributed by atoms with Gasteiger partial charge in [-0.05, 0) is 23.1 Å². The maximum absolute atomic E-state index is 12.8. The van der Waals surface area contributed by atoms with Crippen molar-refractivity contribution in [3.05, 3.63) is 36.0 Å². The van der Waals surface area contributed by atoms with Gasteiger partial charge in [-0.1, -0.05) is 12.1 Å². The van der Waals surface area contributed by atoms with Crippen LogP contribution in [0.1, 0.15) is 12.0 Å². The van der Waals surface area contributed by atoms with E-state index in [1.54, 1.807) is 4.90 Å². The van der Waals surface area contributed by atoms with Crippen LogP contribution >= 0.6 is 0 Å². The number of hydrogen-bond acceptors (Lipinski definition) is 3. The van der Waals surface area contributed by atoms with Gasteiger partial charge in [-0.25, -0.2) is 0 Å². The number of fused-ring (bicyclic) bond motifs is 2. The minimum atomic E-state index is -0.502. The van der Waals surface area contributed by atoms with E-state index < -0.39 is 6.04 Å². The van der Waals surface area contributed by atoms with Crippen molar-refractivity contribution >= 4 is 22.7 Å². The predicted molar refractivity (Wildman–Crippen MR) is 84.9 cm³/mol. The smallest absolute Gasteiger partial charge is 0.245 e. The van der Waals surface area contributed by atoms with Gasteiger partial charge in [0.25, 0.3) is 0 Å². The van der Waals surface area contributed by atoms with Gasteiger partial charge in [-0.2, -0.15) is 0 Å². The van der Waals surface area contributed by atoms with Gasteiger partial charge in [0.2, 0.25) is 11.8 Å². The number of aromatic nitrogens is 1. The molecule has 4 rings (SSSR count). The molecule has 2 fully saturated rings. The van der Waals surface area contributed by atoms with Crippen LogP contribution in [0.3, 0.4) is 0 Å². The van der Waals surface area contributed by atoms with Gasteiger partial charge in [-0.15, -0.1) is 0 Å². The lowest BCUT2D eigenvalue weighted by Gasteiger charge is -2.34. The summed E-state index contributed by atoms with van der Waals surface area (Å²) in [4.78, 5) is 29.9. The van der Waals surface area contributed by atoms with Crippen LogP contribution in [-0.4, -0.2) is 53.5 Å². The molecule has 0 aliphatic carbocycles. The van der Waals surface area contributed by atoms with Gasteiger partial charge < -0.3 is 19.9 Å². The lowest BCUT2D eigenvalue weighted by Crippen LogP contribution is -2.52. The summed E-state index contributed by atoms with van der Waals surface area (Å²) in [6.07, 6.45) is 2.72. The van der Waals surface area contributed by atoms with E-state index in [-0.39, 0.29) is 17.9 Å². The Morgan fingerprint density at radius 1 is 1.26 bits per heavy atom. The summed E-state index contributed by atoms with van der Waals surface area (Å²) in [6, 6.07) is 7.45. The monoisotopic (exact) mass is 313 g/mol. The van der Waals surface area contributed by atoms with Crippen molar-refractivity contribution in [2.45, 2.75) is 24.9 Å². The Kier molecular flexibility index (Phi) is 3.53. The zero-order valence-corrected chi connectivity index (χ0v) is 12.7. The van der Waals surface area contributed by atoms with Gasteiger partial charge in [0.05, 0.1) is 19.3 Å². The van der Waals surface area contributed by atoms with E-state index in [9.17, 15) is 9.59 Å². The molecular weight excluding hydrogens is 294 g/mol. The van der Waals surface area contributed by atoms with Gasteiger partial charge >= 0.3 is 0 Å². The first-order valence-electron chi connectivity index (χ1n) is 7.94. The molecule has 3 heterocycles. The van der Waals surface area contributed by atoms with Gasteiger partial charge in [0.1, 0.15) is 6.04 Å². The lowest BCUT2D eigenvalue weighted by atomic mass is 10.0. The number of nitrogens with zero attached hydrogens (tertiary/aromatic N) is 1. The molecule has 120 valence electrons. The van der Waals surface area contributed by atoms with Crippen LogP contribution in [0.2, 0.25) is 0 Å². The van der Waals surface area contributed by atoms with Gasteiger partial charge in [0, 0.05) is 31.1 Å². The maximum atomic E-state index is 12.8. The lowest BCUT2D eigenvalue weighted by molar-refractivity contribution is -0.140. The molecular formula is C17H19N3O3. The third-order valence-electron chi connectivity index (χ3n) is 4.62. The Bertz CT molecular complexity index is 754. The Hall–Kier alpha value is -2.34. The molecule has 2 aliphatic rings. The predicted octanol–water partition coefficient (Wildman–Crippen LogP) is 0.826. The highest BCUT2D eigenvalue weighted by atomic mass is 16.5. The van der Waals surface area contributed by atoms with E-state index in [0.717, 1.165) is 16.5 Å². The average Bonchev–Trinajstić information content (AvgIpc) is 2.97. The van der Waals surface area contributed by atoms with E-state index in [4.69, 9.17) is 4.74 Å². The van der Waals surface area contributed by atoms with Crippen LogP contribution in [0, 0.1) is 0 Å². The van der Waals surface area contributed by atoms with Gasteiger partial charge in [0.15, 0.2) is 0 Å². The molecule has 2 aromatic rings. The summed E-state index contributed by atoms with van der Waals surface area (Å²) < 4.78 is 5.41. The molecule has 1 aromatic carbocycles. The Morgan fingerprint density at radius 3 is 3.09 bits per heavy atom. The molecule has 23 heavy (non-hydrogen) atoms. The summed E-state index contributed by atoms with van der Waals surface area (Å²) in [7, 11) is 0. The van der Waals surface area contributed by atoms with Crippen molar-refractivity contribution in [1.82, 2.24) is 15.2 Å². The van der Waals surface area contributed by atoms with Crippen molar-refractivity contribution in [2.24, 2.45) is 0 Å². The SMILES string of the molecule is O=C1CC2COCCN2C(=O)C(Cc2ccc3cc[nH]c3c2)N1. The van der Waals surface area contributed by atoms with E-state index in [2.05, 4.69) is 10.3 Å². The summed E-state index contributed by atoms with van der Waals surface area (Å²) in [6.45, 7) is 1.54. The van der Waals surface area contributed by atoms with Crippen LogP contribution < -0.4 is 5.32 Å². The van der Waals surface area contributed by atoms with Crippen LogP contribution in [0.5, 0.6) is 0 Å². The third kappa shape index (κ3) is 2.70. The Labute approximate surface area is 133 Å². The maximum Gasteiger partial charge on any atom is 0.245 e. The van der Waals surface area contributed by atoms with Crippen molar-refractivity contribution in [2.75, 3.05) is 19.8 Å². The van der Waals surface area contributed by atoms with Crippen molar-refractivity contribution in [1.29, 1.82) is 0 Å². The zero-order chi connectivity index (χ0) is 15.8. The molecule has 0 radical (unpaired) electrons. The number of nitrogens with one attached hydrogen (secondary N) is 2. The molecule has 0 spiro atoms. The summed E-state index contributed by atoms with van der Waals surface area (Å²) in [5, 5.41) is 4.02. The normalized spacial score (nSPS) is 25.1. The van der Waals surface area contributed by atoms with Crippen LogP contribution in [0.4, 0.5) is 0 Å². The van der Waals surface area contributed by atoms with Crippen LogP contribution in [0.15, 0.2) is 30.5 Å². The molecule has 2 atom stereocenters. The summed E-state index contributed by atoms with van der Waals surface area (Å²) in [5.41, 5.74) is 2.07. The number of carbonyl (C=O) groups excluding carboxylic acids is 2. The van der Waals surface area contributed by atoms with Crippen molar-refractivity contribution in [3.63, 3.8) is 0 Å². The minimum absolute atomic E-state index is 0.00395. The number of morpholine rings is 1. The number of rotatable bonds is 2. The van der Waals surface area contributed by atoms with Gasteiger partial charge in [-0.3, -0.25) is 9.59 Å². The summed E-state index contributed by atoms with van der Waals surface area (Å²) in [5.74, 6) is -0.0852. The molecule has 1 aromatic heterocycles. The second kappa shape index (κ2) is 5.70. The molecule has 2 unspecified atom stereocenters. The largest absolute Gasteiger partial charge is 0.377 e. The molecule has 6 heteroatoms. The molecule has 2 aliphatic heterocycles. The second-order valence-electron chi connectivity index (χ2n) is 6.19. The van der Waals surface area contributed by atoms with Crippen molar-refractivity contribution in [3.8, 4) is 0 Å². The van der Waals surface area contributed by atoms with E-state index in [1.807, 2.05) is 30.5 Å². The number of aromatic amines is 1. The number of benzene rings is 1. The molecule has 0 bridgehead atoms. The standard InChI is InChI=1S/C17H19N3O3/c21-16-9-13-10-23-6-5-20(13)17(22)15(19-16)8-11-1-2-12-3-4-18-14(12)7-11/h1-4,7,13,15,18H,5-6,8-10H2,(H,19,21). The first-order chi connectivity index (χ1) is 11.2. The molecule has 2 saturated heterocycles. The number of H-pyrrole nitrogens is 1. The Morgan fingerprint density at radius 2 is 2.17 bits per heavy atom. The quantitative estimate of drug-likeness (QED) is 0.862. The number of hydrogen-bond donors (Lipinski definition) is 2. The van der Waals surface area contributed by atoms with Crippen LogP contribution in [-0.2, 0) is 20.7 Å². The molecule has 6 nitrogen and oxygen atoms in total. The van der Waals surface area contributed by atoms with Crippen LogP contribution in [0.25, 0.3) is 10.9 Å². The first-order valence-corrected chi connectivity index (χ1v) is 7.94. The third-order valence-corrected chi connectivity index (χ3v) is 4.62. The number of ether oxygens (including phenoxy) is 1. The molecule has 0 saturated carbocycles. The highest BCUT2D eigenvalue weighted by Gasteiger charge is 2.37. The van der Waals surface area contributed by atoms with Crippen molar-refractivity contribution < 1.29 is 14.3 Å². The molecule has 2 N–H and O–H groups in total.